The molecule has 0 aliphatic carbocycles. The summed E-state index contributed by atoms with van der Waals surface area (Å²) < 4.78 is 11.9. The molecule has 2 rings (SSSR count). The van der Waals surface area contributed by atoms with Crippen molar-refractivity contribution in [3.8, 4) is 0 Å². The fraction of sp³-hybridized carbons (Fsp3) is 0.722. The van der Waals surface area contributed by atoms with Crippen LogP contribution in [-0.4, -0.2) is 112 Å². The quantitative estimate of drug-likeness (QED) is 0.196. The molecule has 1 aromatic rings. The molecule has 11 heteroatoms. The predicted molar refractivity (Wildman–Crippen MR) is 185 cm³/mol. The van der Waals surface area contributed by atoms with Gasteiger partial charge in [-0.3, -0.25) is 19.2 Å². The lowest BCUT2D eigenvalue weighted by atomic mass is 9.89. The molecule has 1 unspecified atom stereocenters. The lowest BCUT2D eigenvalue weighted by molar-refractivity contribution is -0.147. The molecule has 1 aromatic carbocycles. The van der Waals surface area contributed by atoms with Crippen molar-refractivity contribution in [3.05, 3.63) is 35.9 Å². The second-order valence-corrected chi connectivity index (χ2v) is 13.1. The molecule has 1 heterocycles. The van der Waals surface area contributed by atoms with E-state index in [2.05, 4.69) is 29.8 Å². The first-order valence-corrected chi connectivity index (χ1v) is 17.3. The molecular formula is C36H61N5O6. The third kappa shape index (κ3) is 11.3. The van der Waals surface area contributed by atoms with Crippen molar-refractivity contribution in [1.29, 1.82) is 0 Å². The Balaban J connectivity index is 2.19. The van der Waals surface area contributed by atoms with Crippen LogP contribution in [0.15, 0.2) is 30.3 Å². The van der Waals surface area contributed by atoms with Crippen molar-refractivity contribution in [1.82, 2.24) is 25.8 Å². The number of nitrogens with one attached hydrogen (secondary N) is 3. The first-order valence-electron chi connectivity index (χ1n) is 17.3. The van der Waals surface area contributed by atoms with Crippen LogP contribution in [-0.2, 0) is 35.1 Å². The number of nitrogens with zero attached hydrogens (tertiary/aromatic N) is 2. The molecule has 1 saturated heterocycles. The zero-order valence-electron chi connectivity index (χ0n) is 30.2. The second kappa shape index (κ2) is 20.4. The van der Waals surface area contributed by atoms with E-state index >= 15 is 0 Å². The molecule has 0 saturated carbocycles. The second-order valence-electron chi connectivity index (χ2n) is 13.1. The molecule has 4 amide bonds. The molecule has 3 N–H and O–H groups in total. The van der Waals surface area contributed by atoms with E-state index in [0.717, 1.165) is 31.2 Å². The fourth-order valence-electron chi connectivity index (χ4n) is 6.73. The molecule has 8 atom stereocenters. The van der Waals surface area contributed by atoms with Gasteiger partial charge in [-0.25, -0.2) is 0 Å². The van der Waals surface area contributed by atoms with Crippen LogP contribution in [0.3, 0.4) is 0 Å². The van der Waals surface area contributed by atoms with Crippen LogP contribution < -0.4 is 16.0 Å². The molecule has 1 aliphatic heterocycles. The van der Waals surface area contributed by atoms with Crippen molar-refractivity contribution in [3.63, 3.8) is 0 Å². The number of likely N-dealkylation sites (N-methyl/N-ethyl adjacent to an activating group) is 2. The SMILES string of the molecule is CC[C@H](C)C([C@@H](CC(=O)N1CCC[C@H]1[C@H](OC)[C@@H](C)C(=O)NCCc1ccccc1)OC)N(C)C(=O)[C@@H](NC(=O)CNC)[C@@H](C)CC. The first kappa shape index (κ1) is 40.2. The predicted octanol–water partition coefficient (Wildman–Crippen LogP) is 3.02. The van der Waals surface area contributed by atoms with Crippen molar-refractivity contribution in [2.45, 2.75) is 103 Å². The summed E-state index contributed by atoms with van der Waals surface area (Å²) in [6.07, 6.45) is 2.80. The fourth-order valence-corrected chi connectivity index (χ4v) is 6.73. The third-order valence-corrected chi connectivity index (χ3v) is 9.95. The molecule has 1 aliphatic rings. The Morgan fingerprint density at radius 2 is 1.66 bits per heavy atom. The summed E-state index contributed by atoms with van der Waals surface area (Å²) in [5.74, 6) is -1.16. The molecule has 11 nitrogen and oxygen atoms in total. The van der Waals surface area contributed by atoms with Gasteiger partial charge in [-0.1, -0.05) is 77.8 Å². The Morgan fingerprint density at radius 1 is 1.00 bits per heavy atom. The largest absolute Gasteiger partial charge is 0.379 e. The van der Waals surface area contributed by atoms with E-state index in [1.165, 1.54) is 0 Å². The van der Waals surface area contributed by atoms with E-state index in [1.54, 1.807) is 33.2 Å². The highest BCUT2D eigenvalue weighted by molar-refractivity contribution is 5.89. The number of hydrogen-bond acceptors (Lipinski definition) is 7. The normalized spacial score (nSPS) is 19.2. The standard InChI is InChI=1S/C36H61N5O6/c1-10-24(3)32(39-30(42)23-37-6)36(45)40(7)33(25(4)11-2)29(46-8)22-31(43)41-21-15-18-28(41)34(47-9)26(5)35(44)38-20-19-27-16-13-12-14-17-27/h12-14,16-17,24-26,28-29,32-34,37H,10-11,15,18-23H2,1-9H3,(H,38,44)(H,39,42)/t24-,25-,26+,28-,29+,32-,33?,34+/m0/s1. The molecule has 0 aromatic heterocycles. The van der Waals surface area contributed by atoms with E-state index in [4.69, 9.17) is 9.47 Å². The number of benzene rings is 1. The van der Waals surface area contributed by atoms with Crippen molar-refractivity contribution >= 4 is 23.6 Å². The molecular weight excluding hydrogens is 598 g/mol. The minimum atomic E-state index is -0.698. The number of carbonyl (C=O) groups excluding carboxylic acids is 4. The van der Waals surface area contributed by atoms with Crippen LogP contribution in [0.4, 0.5) is 0 Å². The highest BCUT2D eigenvalue weighted by Crippen LogP contribution is 2.29. The van der Waals surface area contributed by atoms with Crippen LogP contribution >= 0.6 is 0 Å². The Bertz CT molecular complexity index is 1120. The topological polar surface area (TPSA) is 129 Å². The van der Waals surface area contributed by atoms with Gasteiger partial charge in [0.05, 0.1) is 43.2 Å². The molecule has 47 heavy (non-hydrogen) atoms. The maximum absolute atomic E-state index is 14.0. The van der Waals surface area contributed by atoms with Gasteiger partial charge in [0.2, 0.25) is 23.6 Å². The monoisotopic (exact) mass is 659 g/mol. The summed E-state index contributed by atoms with van der Waals surface area (Å²) in [5, 5.41) is 8.79. The summed E-state index contributed by atoms with van der Waals surface area (Å²) >= 11 is 0. The maximum Gasteiger partial charge on any atom is 0.245 e. The minimum absolute atomic E-state index is 0.0213. The molecule has 0 radical (unpaired) electrons. The van der Waals surface area contributed by atoms with Crippen molar-refractivity contribution in [2.75, 3.05) is 47.9 Å². The van der Waals surface area contributed by atoms with Gasteiger partial charge in [0.1, 0.15) is 6.04 Å². The Kier molecular flexibility index (Phi) is 17.4. The zero-order valence-corrected chi connectivity index (χ0v) is 30.2. The number of ether oxygens (including phenoxy) is 2. The van der Waals surface area contributed by atoms with Gasteiger partial charge < -0.3 is 35.2 Å². The van der Waals surface area contributed by atoms with Gasteiger partial charge in [-0.15, -0.1) is 0 Å². The van der Waals surface area contributed by atoms with E-state index in [1.807, 2.05) is 56.0 Å². The van der Waals surface area contributed by atoms with Crippen LogP contribution in [0.5, 0.6) is 0 Å². The summed E-state index contributed by atoms with van der Waals surface area (Å²) in [5.41, 5.74) is 1.15. The lowest BCUT2D eigenvalue weighted by Crippen LogP contribution is -2.58. The molecule has 1 fully saturated rings. The van der Waals surface area contributed by atoms with E-state index < -0.39 is 30.2 Å². The summed E-state index contributed by atoms with van der Waals surface area (Å²) in [4.78, 5) is 57.2. The van der Waals surface area contributed by atoms with Gasteiger partial charge in [0.15, 0.2) is 0 Å². The number of amides is 4. The summed E-state index contributed by atoms with van der Waals surface area (Å²) in [7, 11) is 6.61. The van der Waals surface area contributed by atoms with Gasteiger partial charge in [0.25, 0.3) is 0 Å². The van der Waals surface area contributed by atoms with Gasteiger partial charge in [-0.2, -0.15) is 0 Å². The number of methoxy groups -OCH3 is 2. The van der Waals surface area contributed by atoms with Crippen molar-refractivity contribution in [2.24, 2.45) is 17.8 Å². The average Bonchev–Trinajstić information content (AvgIpc) is 3.56. The smallest absolute Gasteiger partial charge is 0.245 e. The van der Waals surface area contributed by atoms with Crippen LogP contribution in [0, 0.1) is 17.8 Å². The highest BCUT2D eigenvalue weighted by atomic mass is 16.5. The van der Waals surface area contributed by atoms with E-state index in [-0.39, 0.29) is 54.5 Å². The van der Waals surface area contributed by atoms with Gasteiger partial charge >= 0.3 is 0 Å². The molecule has 0 spiro atoms. The van der Waals surface area contributed by atoms with Crippen LogP contribution in [0.25, 0.3) is 0 Å². The average molecular weight is 660 g/mol. The Hall–Kier alpha value is -3.02. The lowest BCUT2D eigenvalue weighted by Gasteiger charge is -2.41. The van der Waals surface area contributed by atoms with Crippen molar-refractivity contribution < 1.29 is 28.7 Å². The van der Waals surface area contributed by atoms with E-state index in [9.17, 15) is 19.2 Å². The van der Waals surface area contributed by atoms with E-state index in [0.29, 0.717) is 19.5 Å². The van der Waals surface area contributed by atoms with Crippen LogP contribution in [0.2, 0.25) is 0 Å². The highest BCUT2D eigenvalue weighted by Gasteiger charge is 2.42. The minimum Gasteiger partial charge on any atom is -0.379 e. The number of rotatable bonds is 20. The maximum atomic E-state index is 14.0. The number of likely N-dealkylation sites (tertiary alicyclic amines) is 1. The third-order valence-electron chi connectivity index (χ3n) is 9.95. The van der Waals surface area contributed by atoms with Crippen LogP contribution in [0.1, 0.15) is 72.3 Å². The first-order chi connectivity index (χ1) is 22.4. The summed E-state index contributed by atoms with van der Waals surface area (Å²) in [6, 6.07) is 8.66. The number of carbonyl (C=O) groups is 4. The van der Waals surface area contributed by atoms with Gasteiger partial charge in [0, 0.05) is 34.4 Å². The molecule has 266 valence electrons. The number of hydrogen-bond donors (Lipinski definition) is 3. The Morgan fingerprint density at radius 3 is 2.23 bits per heavy atom. The molecule has 0 bridgehead atoms. The zero-order chi connectivity index (χ0) is 35.1. The summed E-state index contributed by atoms with van der Waals surface area (Å²) in [6.45, 7) is 11.1. The van der Waals surface area contributed by atoms with Gasteiger partial charge in [-0.05, 0) is 43.7 Å². The Labute approximate surface area is 282 Å².